The maximum atomic E-state index is 12.7. The molecule has 0 aliphatic heterocycles. The number of benzene rings is 1. The van der Waals surface area contributed by atoms with E-state index >= 15 is 0 Å². The number of nitrogens with one attached hydrogen (secondary N) is 2. The molecule has 0 aliphatic carbocycles. The Kier molecular flexibility index (Phi) is 7.94. The number of aliphatic hydroxyl groups excluding tert-OH is 2. The fraction of sp³-hybridized carbons (Fsp3) is 0.429. The van der Waals surface area contributed by atoms with E-state index in [1.807, 2.05) is 0 Å². The number of amides is 2. The molecule has 9 nitrogen and oxygen atoms in total. The van der Waals surface area contributed by atoms with E-state index in [1.165, 1.54) is 10.6 Å². The van der Waals surface area contributed by atoms with E-state index in [9.17, 15) is 14.4 Å². The van der Waals surface area contributed by atoms with Crippen molar-refractivity contribution in [2.24, 2.45) is 5.41 Å². The molecule has 0 aliphatic rings. The number of aryl methyl sites for hydroxylation is 1. The molecule has 0 saturated carbocycles. The average Bonchev–Trinajstić information content (AvgIpc) is 2.68. The minimum atomic E-state index is -0.807. The van der Waals surface area contributed by atoms with Crippen LogP contribution in [0.5, 0.6) is 0 Å². The van der Waals surface area contributed by atoms with E-state index in [-0.39, 0.29) is 18.3 Å². The van der Waals surface area contributed by atoms with E-state index in [4.69, 9.17) is 21.8 Å². The molecule has 2 aromatic rings. The molecule has 0 fully saturated rings. The van der Waals surface area contributed by atoms with Gasteiger partial charge in [-0.05, 0) is 25.1 Å². The highest BCUT2D eigenvalue weighted by molar-refractivity contribution is 6.31. The van der Waals surface area contributed by atoms with Crippen LogP contribution in [0.1, 0.15) is 26.6 Å². The Bertz CT molecular complexity index is 1030. The second kappa shape index (κ2) is 10.0. The van der Waals surface area contributed by atoms with Crippen molar-refractivity contribution in [1.29, 1.82) is 0 Å². The molecule has 0 radical (unpaired) electrons. The van der Waals surface area contributed by atoms with Crippen molar-refractivity contribution in [3.8, 4) is 11.3 Å². The molecule has 0 unspecified atom stereocenters. The predicted molar refractivity (Wildman–Crippen MR) is 118 cm³/mol. The second-order valence-electron chi connectivity index (χ2n) is 8.14. The zero-order valence-corrected chi connectivity index (χ0v) is 18.7. The zero-order valence-electron chi connectivity index (χ0n) is 17.9. The summed E-state index contributed by atoms with van der Waals surface area (Å²) in [5.74, 6) is -0.484. The summed E-state index contributed by atoms with van der Waals surface area (Å²) in [7, 11) is 0. The predicted octanol–water partition coefficient (Wildman–Crippen LogP) is 1.33. The largest absolute Gasteiger partial charge is 0.394 e. The van der Waals surface area contributed by atoms with Crippen molar-refractivity contribution in [3.63, 3.8) is 0 Å². The van der Waals surface area contributed by atoms with Gasteiger partial charge >= 0.3 is 0 Å². The monoisotopic (exact) mass is 450 g/mol. The van der Waals surface area contributed by atoms with Gasteiger partial charge in [0, 0.05) is 22.1 Å². The van der Waals surface area contributed by atoms with Crippen LogP contribution < -0.4 is 16.2 Å². The van der Waals surface area contributed by atoms with Gasteiger partial charge in [0.15, 0.2) is 0 Å². The van der Waals surface area contributed by atoms with E-state index in [1.54, 1.807) is 45.9 Å². The molecule has 2 rings (SSSR count). The maximum absolute atomic E-state index is 12.7. The number of carbonyl (C=O) groups is 2. The van der Waals surface area contributed by atoms with Gasteiger partial charge in [-0.15, -0.1) is 0 Å². The minimum absolute atomic E-state index is 0.222. The van der Waals surface area contributed by atoms with Crippen LogP contribution in [0.2, 0.25) is 5.02 Å². The zero-order chi connectivity index (χ0) is 23.3. The van der Waals surface area contributed by atoms with Crippen LogP contribution in [0.4, 0.5) is 5.69 Å². The smallest absolute Gasteiger partial charge is 0.254 e. The minimum Gasteiger partial charge on any atom is -0.394 e. The lowest BCUT2D eigenvalue weighted by atomic mass is 9.95. The summed E-state index contributed by atoms with van der Waals surface area (Å²) in [5.41, 5.74) is 0.150. The molecule has 1 aromatic carbocycles. The van der Waals surface area contributed by atoms with Gasteiger partial charge in [-0.25, -0.2) is 4.98 Å². The summed E-state index contributed by atoms with van der Waals surface area (Å²) in [6.45, 7) is 5.75. The summed E-state index contributed by atoms with van der Waals surface area (Å²) >= 11 is 6.09. The van der Waals surface area contributed by atoms with Crippen LogP contribution >= 0.6 is 11.6 Å². The number of hydrogen-bond acceptors (Lipinski definition) is 6. The Labute approximate surface area is 185 Å². The van der Waals surface area contributed by atoms with E-state index in [0.29, 0.717) is 22.0 Å². The first kappa shape index (κ1) is 24.5. The molecule has 0 spiro atoms. The molecule has 31 heavy (non-hydrogen) atoms. The highest BCUT2D eigenvalue weighted by Crippen LogP contribution is 2.30. The molecule has 1 heterocycles. The lowest BCUT2D eigenvalue weighted by Gasteiger charge is -2.20. The summed E-state index contributed by atoms with van der Waals surface area (Å²) in [5, 5.41) is 23.8. The molecule has 168 valence electrons. The Morgan fingerprint density at radius 3 is 2.39 bits per heavy atom. The highest BCUT2D eigenvalue weighted by atomic mass is 35.5. The standard InChI is InChI=1S/C21H27ClN4O5/c1-12-23-17(8-19(30)26(12)9-18(29)24-14(10-27)11-28)15-6-5-13(22)7-16(15)25-20(31)21(2,3)4/h5-8,14,27-28H,9-11H2,1-4H3,(H,24,29)(H,25,31). The lowest BCUT2D eigenvalue weighted by Crippen LogP contribution is -2.43. The maximum Gasteiger partial charge on any atom is 0.254 e. The first-order valence-electron chi connectivity index (χ1n) is 9.67. The Balaban J connectivity index is 2.38. The van der Waals surface area contributed by atoms with Crippen molar-refractivity contribution < 1.29 is 19.8 Å². The SMILES string of the molecule is Cc1nc(-c2ccc(Cl)cc2NC(=O)C(C)(C)C)cc(=O)n1CC(=O)NC(CO)CO. The number of rotatable bonds is 7. The molecule has 4 N–H and O–H groups in total. The second-order valence-corrected chi connectivity index (χ2v) is 8.57. The molecule has 10 heteroatoms. The van der Waals surface area contributed by atoms with Gasteiger partial charge in [0.1, 0.15) is 12.4 Å². The van der Waals surface area contributed by atoms with Gasteiger partial charge < -0.3 is 20.8 Å². The fourth-order valence-corrected chi connectivity index (χ4v) is 2.84. The quantitative estimate of drug-likeness (QED) is 0.502. The van der Waals surface area contributed by atoms with Gasteiger partial charge in [-0.2, -0.15) is 0 Å². The molecule has 0 atom stereocenters. The number of halogens is 1. The molecule has 0 bridgehead atoms. The number of anilines is 1. The van der Waals surface area contributed by atoms with Crippen molar-refractivity contribution >= 4 is 29.1 Å². The Morgan fingerprint density at radius 1 is 1.19 bits per heavy atom. The summed E-state index contributed by atoms with van der Waals surface area (Å²) in [4.78, 5) is 41.7. The van der Waals surface area contributed by atoms with Gasteiger partial charge in [0.25, 0.3) is 5.56 Å². The van der Waals surface area contributed by atoms with Crippen LogP contribution in [0.3, 0.4) is 0 Å². The molecule has 1 aromatic heterocycles. The summed E-state index contributed by atoms with van der Waals surface area (Å²) in [6.07, 6.45) is 0. The van der Waals surface area contributed by atoms with Gasteiger partial charge in [-0.1, -0.05) is 32.4 Å². The van der Waals surface area contributed by atoms with Gasteiger partial charge in [0.05, 0.1) is 30.6 Å². The van der Waals surface area contributed by atoms with Gasteiger partial charge in [0.2, 0.25) is 11.8 Å². The Hall–Kier alpha value is -2.75. The molecular formula is C21H27ClN4O5. The third-order valence-corrected chi connectivity index (χ3v) is 4.73. The average molecular weight is 451 g/mol. The summed E-state index contributed by atoms with van der Waals surface area (Å²) in [6, 6.07) is 5.33. The number of aromatic nitrogens is 2. The van der Waals surface area contributed by atoms with E-state index in [0.717, 1.165) is 0 Å². The van der Waals surface area contributed by atoms with Crippen LogP contribution in [0, 0.1) is 12.3 Å². The highest BCUT2D eigenvalue weighted by Gasteiger charge is 2.23. The lowest BCUT2D eigenvalue weighted by molar-refractivity contribution is -0.123. The van der Waals surface area contributed by atoms with Crippen LogP contribution in [0.15, 0.2) is 29.1 Å². The molecular weight excluding hydrogens is 424 g/mol. The third-order valence-electron chi connectivity index (χ3n) is 4.49. The van der Waals surface area contributed by atoms with Crippen LogP contribution in [-0.4, -0.2) is 50.8 Å². The normalized spacial score (nSPS) is 11.5. The number of aliphatic hydroxyl groups is 2. The Morgan fingerprint density at radius 2 is 1.84 bits per heavy atom. The first-order chi connectivity index (χ1) is 14.5. The first-order valence-corrected chi connectivity index (χ1v) is 10.0. The molecule has 0 saturated heterocycles. The van der Waals surface area contributed by atoms with Crippen LogP contribution in [-0.2, 0) is 16.1 Å². The number of hydrogen-bond donors (Lipinski definition) is 4. The topological polar surface area (TPSA) is 134 Å². The van der Waals surface area contributed by atoms with E-state index < -0.39 is 36.1 Å². The van der Waals surface area contributed by atoms with Crippen molar-refractivity contribution in [3.05, 3.63) is 45.5 Å². The van der Waals surface area contributed by atoms with E-state index in [2.05, 4.69) is 15.6 Å². The van der Waals surface area contributed by atoms with Crippen molar-refractivity contribution in [1.82, 2.24) is 14.9 Å². The number of nitrogens with zero attached hydrogens (tertiary/aromatic N) is 2. The summed E-state index contributed by atoms with van der Waals surface area (Å²) < 4.78 is 1.17. The third kappa shape index (κ3) is 6.36. The van der Waals surface area contributed by atoms with Crippen molar-refractivity contribution in [2.45, 2.75) is 40.3 Å². The van der Waals surface area contributed by atoms with Crippen LogP contribution in [0.25, 0.3) is 11.3 Å². The van der Waals surface area contributed by atoms with Crippen molar-refractivity contribution in [2.75, 3.05) is 18.5 Å². The molecule has 2 amide bonds. The van der Waals surface area contributed by atoms with Gasteiger partial charge in [-0.3, -0.25) is 19.0 Å². The number of carbonyl (C=O) groups excluding carboxylic acids is 2. The fourth-order valence-electron chi connectivity index (χ4n) is 2.67.